The van der Waals surface area contributed by atoms with E-state index in [4.69, 9.17) is 9.47 Å². The summed E-state index contributed by atoms with van der Waals surface area (Å²) in [7, 11) is 1.66. The van der Waals surface area contributed by atoms with Crippen molar-refractivity contribution in [3.63, 3.8) is 0 Å². The molecule has 0 aliphatic heterocycles. The Hall–Kier alpha value is -1.92. The Morgan fingerprint density at radius 2 is 1.84 bits per heavy atom. The van der Waals surface area contributed by atoms with Crippen LogP contribution in [0.4, 0.5) is 0 Å². The van der Waals surface area contributed by atoms with Crippen molar-refractivity contribution in [2.24, 2.45) is 0 Å². The Morgan fingerprint density at radius 3 is 2.40 bits per heavy atom. The topological polar surface area (TPSA) is 57.5 Å². The molecule has 2 aromatic heterocycles. The van der Waals surface area contributed by atoms with Gasteiger partial charge in [-0.05, 0) is 46.8 Å². The predicted octanol–water partition coefficient (Wildman–Crippen LogP) is 4.03. The second-order valence-corrected chi connectivity index (χ2v) is 7.75. The molecule has 0 aromatic carbocycles. The van der Waals surface area contributed by atoms with Gasteiger partial charge in [-0.3, -0.25) is 4.79 Å². The molecule has 0 saturated heterocycles. The van der Waals surface area contributed by atoms with Gasteiger partial charge in [-0.2, -0.15) is 0 Å². The molecule has 6 heteroatoms. The van der Waals surface area contributed by atoms with Crippen LogP contribution >= 0.6 is 11.3 Å². The first-order valence-electron chi connectivity index (χ1n) is 8.21. The summed E-state index contributed by atoms with van der Waals surface area (Å²) in [5.74, 6) is -0.640. The van der Waals surface area contributed by atoms with Crippen molar-refractivity contribution in [1.29, 1.82) is 0 Å². The van der Waals surface area contributed by atoms with Crippen LogP contribution in [0.15, 0.2) is 12.1 Å². The van der Waals surface area contributed by atoms with E-state index >= 15 is 0 Å². The fourth-order valence-corrected chi connectivity index (χ4v) is 4.09. The third kappa shape index (κ3) is 4.19. The van der Waals surface area contributed by atoms with Crippen molar-refractivity contribution in [2.75, 3.05) is 20.3 Å². The summed E-state index contributed by atoms with van der Waals surface area (Å²) in [6.07, 6.45) is 0. The zero-order chi connectivity index (χ0) is 18.7. The van der Waals surface area contributed by atoms with Gasteiger partial charge in [0.1, 0.15) is 0 Å². The number of aryl methyl sites for hydroxylation is 3. The Labute approximate surface area is 152 Å². The Balaban J connectivity index is 2.10. The van der Waals surface area contributed by atoms with Gasteiger partial charge in [0.2, 0.25) is 5.78 Å². The number of methoxy groups -OCH3 is 1. The summed E-state index contributed by atoms with van der Waals surface area (Å²) in [5.41, 5.74) is 2.98. The van der Waals surface area contributed by atoms with Gasteiger partial charge >= 0.3 is 5.97 Å². The third-order valence-electron chi connectivity index (χ3n) is 4.23. The molecule has 0 aliphatic rings. The summed E-state index contributed by atoms with van der Waals surface area (Å²) in [6, 6.07) is 3.77. The smallest absolute Gasteiger partial charge is 0.339 e. The molecule has 0 N–H and O–H groups in total. The minimum Gasteiger partial charge on any atom is -0.454 e. The van der Waals surface area contributed by atoms with E-state index in [9.17, 15) is 9.59 Å². The highest BCUT2D eigenvalue weighted by molar-refractivity contribution is 7.12. The second kappa shape index (κ2) is 7.97. The summed E-state index contributed by atoms with van der Waals surface area (Å²) >= 11 is 1.54. The molecule has 1 atom stereocenters. The molecule has 25 heavy (non-hydrogen) atoms. The van der Waals surface area contributed by atoms with E-state index in [1.807, 2.05) is 40.7 Å². The molecule has 136 valence electrons. The molecular weight excluding hydrogens is 338 g/mol. The maximum Gasteiger partial charge on any atom is 0.339 e. The van der Waals surface area contributed by atoms with Crippen molar-refractivity contribution in [3.8, 4) is 0 Å². The molecule has 0 bridgehead atoms. The molecule has 0 unspecified atom stereocenters. The van der Waals surface area contributed by atoms with Crippen molar-refractivity contribution in [2.45, 2.75) is 40.7 Å². The van der Waals surface area contributed by atoms with E-state index < -0.39 is 5.97 Å². The van der Waals surface area contributed by atoms with E-state index in [-0.39, 0.29) is 18.4 Å². The van der Waals surface area contributed by atoms with Gasteiger partial charge in [-0.1, -0.05) is 0 Å². The number of thiophene rings is 1. The number of nitrogens with zero attached hydrogens (tertiary/aromatic N) is 1. The van der Waals surface area contributed by atoms with Gasteiger partial charge in [0, 0.05) is 33.8 Å². The van der Waals surface area contributed by atoms with Crippen LogP contribution in [0.2, 0.25) is 0 Å². The standard InChI is InChI=1S/C19H25NO4S/c1-11-7-16(14(4)20(11)12(2)9-23-6)18(21)10-24-19(22)17-8-13(3)25-15(17)5/h7-8,12H,9-10H2,1-6H3/t12-/m0/s1. The summed E-state index contributed by atoms with van der Waals surface area (Å²) < 4.78 is 12.5. The molecule has 2 aromatic rings. The lowest BCUT2D eigenvalue weighted by Crippen LogP contribution is -2.17. The third-order valence-corrected chi connectivity index (χ3v) is 5.19. The average molecular weight is 363 g/mol. The van der Waals surface area contributed by atoms with Crippen LogP contribution in [0, 0.1) is 27.7 Å². The molecular formula is C19H25NO4S. The molecule has 2 rings (SSSR count). The van der Waals surface area contributed by atoms with Crippen molar-refractivity contribution >= 4 is 23.1 Å². The quantitative estimate of drug-likeness (QED) is 0.550. The summed E-state index contributed by atoms with van der Waals surface area (Å²) in [6.45, 7) is 10.0. The van der Waals surface area contributed by atoms with E-state index in [2.05, 4.69) is 4.57 Å². The van der Waals surface area contributed by atoms with Crippen LogP contribution in [0.1, 0.15) is 54.8 Å². The highest BCUT2D eigenvalue weighted by atomic mass is 32.1. The Morgan fingerprint density at radius 1 is 1.16 bits per heavy atom. The molecule has 0 amide bonds. The maximum atomic E-state index is 12.5. The van der Waals surface area contributed by atoms with Crippen molar-refractivity contribution in [1.82, 2.24) is 4.57 Å². The van der Waals surface area contributed by atoms with Crippen molar-refractivity contribution in [3.05, 3.63) is 44.4 Å². The van der Waals surface area contributed by atoms with Gasteiger partial charge in [-0.25, -0.2) is 4.79 Å². The monoisotopic (exact) mass is 363 g/mol. The number of hydrogen-bond acceptors (Lipinski definition) is 5. The van der Waals surface area contributed by atoms with Gasteiger partial charge in [0.25, 0.3) is 0 Å². The van der Waals surface area contributed by atoms with Crippen molar-refractivity contribution < 1.29 is 19.1 Å². The molecule has 0 saturated carbocycles. The minimum atomic E-state index is -0.447. The van der Waals surface area contributed by atoms with Crippen LogP contribution in [0.25, 0.3) is 0 Å². The fraction of sp³-hybridized carbons (Fsp3) is 0.474. The van der Waals surface area contributed by atoms with E-state index in [0.717, 1.165) is 21.1 Å². The van der Waals surface area contributed by atoms with Crippen LogP contribution in [-0.2, 0) is 9.47 Å². The lowest BCUT2D eigenvalue weighted by molar-refractivity contribution is 0.0474. The Bertz CT molecular complexity index is 788. The predicted molar refractivity (Wildman–Crippen MR) is 98.9 cm³/mol. The maximum absolute atomic E-state index is 12.5. The molecule has 0 aliphatic carbocycles. The molecule has 0 radical (unpaired) electrons. The first-order chi connectivity index (χ1) is 11.8. The lowest BCUT2D eigenvalue weighted by atomic mass is 10.1. The van der Waals surface area contributed by atoms with Crippen LogP contribution in [0.5, 0.6) is 0 Å². The minimum absolute atomic E-state index is 0.130. The van der Waals surface area contributed by atoms with Gasteiger partial charge < -0.3 is 14.0 Å². The zero-order valence-electron chi connectivity index (χ0n) is 15.6. The molecule has 2 heterocycles. The van der Waals surface area contributed by atoms with Gasteiger partial charge in [0.15, 0.2) is 6.61 Å². The van der Waals surface area contributed by atoms with Crippen LogP contribution in [0.3, 0.4) is 0 Å². The largest absolute Gasteiger partial charge is 0.454 e. The van der Waals surface area contributed by atoms with Gasteiger partial charge in [-0.15, -0.1) is 11.3 Å². The number of carbonyl (C=O) groups is 2. The number of Topliss-reactive ketones (excluding diaryl/α,β-unsaturated/α-hetero) is 1. The number of rotatable bonds is 7. The van der Waals surface area contributed by atoms with Gasteiger partial charge in [0.05, 0.1) is 18.2 Å². The van der Waals surface area contributed by atoms with Crippen LogP contribution < -0.4 is 0 Å². The highest BCUT2D eigenvalue weighted by Crippen LogP contribution is 2.23. The molecule has 0 fully saturated rings. The van der Waals surface area contributed by atoms with E-state index in [1.54, 1.807) is 24.5 Å². The molecule has 5 nitrogen and oxygen atoms in total. The number of ether oxygens (including phenoxy) is 2. The van der Waals surface area contributed by atoms with E-state index in [1.165, 1.54) is 0 Å². The number of carbonyl (C=O) groups excluding carboxylic acids is 2. The zero-order valence-corrected chi connectivity index (χ0v) is 16.5. The van der Waals surface area contributed by atoms with E-state index in [0.29, 0.717) is 17.7 Å². The highest BCUT2D eigenvalue weighted by Gasteiger charge is 2.21. The first kappa shape index (κ1) is 19.4. The number of esters is 1. The Kier molecular flexibility index (Phi) is 6.19. The van der Waals surface area contributed by atoms with Crippen LogP contribution in [-0.4, -0.2) is 36.6 Å². The average Bonchev–Trinajstić information content (AvgIpc) is 3.03. The SMILES string of the molecule is COC[C@H](C)n1c(C)cc(C(=O)COC(=O)c2cc(C)sc2C)c1C. The number of hydrogen-bond donors (Lipinski definition) is 0. The fourth-order valence-electron chi connectivity index (χ4n) is 3.17. The number of ketones is 1. The molecule has 0 spiro atoms. The number of aromatic nitrogens is 1. The summed E-state index contributed by atoms with van der Waals surface area (Å²) in [4.78, 5) is 26.6. The normalized spacial score (nSPS) is 12.2. The first-order valence-corrected chi connectivity index (χ1v) is 9.02. The lowest BCUT2D eigenvalue weighted by Gasteiger charge is -2.17. The summed E-state index contributed by atoms with van der Waals surface area (Å²) in [5, 5.41) is 0. The second-order valence-electron chi connectivity index (χ2n) is 6.29.